The fourth-order valence-corrected chi connectivity index (χ4v) is 8.79. The molecular formula is C49H30N4O2. The van der Waals surface area contributed by atoms with Crippen LogP contribution in [-0.2, 0) is 0 Å². The highest BCUT2D eigenvalue weighted by Gasteiger charge is 2.33. The van der Waals surface area contributed by atoms with Gasteiger partial charge in [0.05, 0.1) is 16.7 Å². The third-order valence-electron chi connectivity index (χ3n) is 11.2. The Labute approximate surface area is 314 Å². The van der Waals surface area contributed by atoms with E-state index in [0.717, 1.165) is 77.3 Å². The predicted molar refractivity (Wildman–Crippen MR) is 220 cm³/mol. The van der Waals surface area contributed by atoms with E-state index in [4.69, 9.17) is 23.8 Å². The molecule has 6 aromatic carbocycles. The van der Waals surface area contributed by atoms with Gasteiger partial charge in [0, 0.05) is 60.9 Å². The molecule has 4 heterocycles. The lowest BCUT2D eigenvalue weighted by Crippen LogP contribution is -2.15. The standard InChI is InChI=1S/C49H30N4O2/c1-3-13-29(14-4-1)47-50-48(30-15-5-2-6-16-30)52-49(51-47)36-20-12-24-41-45(36)44-32(25-26-42(44)54-41)31-27-37-35-19-11-23-40(46(35)55-43(37)28-31)53-38-21-9-7-17-33(38)34-18-8-10-22-39(34)53/h1-28,31-32H. The maximum absolute atomic E-state index is 6.83. The molecule has 0 saturated carbocycles. The summed E-state index contributed by atoms with van der Waals surface area (Å²) in [4.78, 5) is 15.1. The molecule has 55 heavy (non-hydrogen) atoms. The summed E-state index contributed by atoms with van der Waals surface area (Å²) in [5, 5.41) is 5.73. The molecule has 4 aromatic heterocycles. The molecule has 0 spiro atoms. The van der Waals surface area contributed by atoms with Crippen molar-refractivity contribution in [3.05, 3.63) is 174 Å². The molecule has 0 amide bonds. The number of benzene rings is 6. The van der Waals surface area contributed by atoms with Crippen LogP contribution < -0.4 is 10.6 Å². The quantitative estimate of drug-likeness (QED) is 0.178. The number of aromatic nitrogens is 4. The second kappa shape index (κ2) is 11.6. The zero-order valence-electron chi connectivity index (χ0n) is 29.4. The summed E-state index contributed by atoms with van der Waals surface area (Å²) in [6.07, 6.45) is 9.02. The second-order valence-corrected chi connectivity index (χ2v) is 14.3. The number of para-hydroxylation sites is 3. The highest BCUT2D eigenvalue weighted by Crippen LogP contribution is 2.47. The molecule has 2 unspecified atom stereocenters. The van der Waals surface area contributed by atoms with E-state index in [0.29, 0.717) is 17.5 Å². The zero-order valence-corrected chi connectivity index (χ0v) is 29.4. The van der Waals surface area contributed by atoms with Crippen LogP contribution >= 0.6 is 0 Å². The van der Waals surface area contributed by atoms with Gasteiger partial charge in [-0.05, 0) is 36.4 Å². The zero-order chi connectivity index (χ0) is 36.0. The third-order valence-corrected chi connectivity index (χ3v) is 11.2. The minimum atomic E-state index is 0.0413. The number of furan rings is 2. The van der Waals surface area contributed by atoms with Gasteiger partial charge in [-0.25, -0.2) is 15.0 Å². The molecular weight excluding hydrogens is 677 g/mol. The van der Waals surface area contributed by atoms with E-state index < -0.39 is 0 Å². The minimum Gasteiger partial charge on any atom is -0.456 e. The average molecular weight is 707 g/mol. The highest BCUT2D eigenvalue weighted by molar-refractivity contribution is 6.10. The summed E-state index contributed by atoms with van der Waals surface area (Å²) in [5.74, 6) is 2.86. The van der Waals surface area contributed by atoms with Crippen molar-refractivity contribution in [3.63, 3.8) is 0 Å². The lowest BCUT2D eigenvalue weighted by molar-refractivity contribution is 0.572. The molecule has 258 valence electrons. The number of fused-ring (bicyclic) bond motifs is 9. The van der Waals surface area contributed by atoms with Crippen molar-refractivity contribution in [3.8, 4) is 39.9 Å². The van der Waals surface area contributed by atoms with Gasteiger partial charge in [-0.1, -0.05) is 133 Å². The van der Waals surface area contributed by atoms with Crippen LogP contribution in [0.1, 0.15) is 17.2 Å². The molecule has 0 N–H and O–H groups in total. The Balaban J connectivity index is 0.994. The largest absolute Gasteiger partial charge is 0.456 e. The van der Waals surface area contributed by atoms with Crippen LogP contribution in [0.3, 0.4) is 0 Å². The molecule has 0 radical (unpaired) electrons. The Morgan fingerprint density at radius 1 is 0.527 bits per heavy atom. The Kier molecular flexibility index (Phi) is 6.36. The Morgan fingerprint density at radius 2 is 1.15 bits per heavy atom. The number of hydrogen-bond donors (Lipinski definition) is 0. The maximum Gasteiger partial charge on any atom is 0.164 e. The van der Waals surface area contributed by atoms with Crippen molar-refractivity contribution in [2.75, 3.05) is 0 Å². The molecule has 10 aromatic rings. The van der Waals surface area contributed by atoms with Crippen molar-refractivity contribution in [1.82, 2.24) is 19.5 Å². The lowest BCUT2D eigenvalue weighted by Gasteiger charge is -2.15. The number of allylic oxidation sites excluding steroid dienone is 1. The molecule has 0 aliphatic heterocycles. The molecule has 6 nitrogen and oxygen atoms in total. The summed E-state index contributed by atoms with van der Waals surface area (Å²) in [5.41, 5.74) is 9.91. The van der Waals surface area contributed by atoms with Gasteiger partial charge in [-0.3, -0.25) is 0 Å². The monoisotopic (exact) mass is 706 g/mol. The fraction of sp³-hybridized carbons (Fsp3) is 0.0408. The van der Waals surface area contributed by atoms with Crippen LogP contribution in [0.2, 0.25) is 0 Å². The van der Waals surface area contributed by atoms with E-state index >= 15 is 0 Å². The first-order chi connectivity index (χ1) is 27.3. The van der Waals surface area contributed by atoms with Crippen LogP contribution in [0.15, 0.2) is 161 Å². The van der Waals surface area contributed by atoms with Crippen molar-refractivity contribution >= 4 is 62.0 Å². The van der Waals surface area contributed by atoms with Gasteiger partial charge >= 0.3 is 0 Å². The third kappa shape index (κ3) is 4.52. The molecule has 2 aliphatic rings. The summed E-state index contributed by atoms with van der Waals surface area (Å²) >= 11 is 0. The van der Waals surface area contributed by atoms with E-state index in [-0.39, 0.29) is 11.8 Å². The molecule has 0 fully saturated rings. The maximum atomic E-state index is 6.83. The fourth-order valence-electron chi connectivity index (χ4n) is 8.79. The van der Waals surface area contributed by atoms with E-state index in [1.54, 1.807) is 0 Å². The summed E-state index contributed by atoms with van der Waals surface area (Å²) in [7, 11) is 0. The van der Waals surface area contributed by atoms with Gasteiger partial charge in [-0.2, -0.15) is 0 Å². The second-order valence-electron chi connectivity index (χ2n) is 14.3. The first-order valence-electron chi connectivity index (χ1n) is 18.6. The number of hydrogen-bond acceptors (Lipinski definition) is 5. The first-order valence-corrected chi connectivity index (χ1v) is 18.6. The van der Waals surface area contributed by atoms with Gasteiger partial charge in [0.15, 0.2) is 23.1 Å². The summed E-state index contributed by atoms with van der Waals surface area (Å²) in [6.45, 7) is 0. The van der Waals surface area contributed by atoms with E-state index in [1.807, 2.05) is 72.8 Å². The molecule has 2 atom stereocenters. The average Bonchev–Trinajstić information content (AvgIpc) is 4.06. The number of rotatable bonds is 5. The van der Waals surface area contributed by atoms with E-state index in [1.165, 1.54) is 10.8 Å². The Bertz CT molecular complexity index is 3220. The van der Waals surface area contributed by atoms with Gasteiger partial charge < -0.3 is 13.4 Å². The normalized spacial score (nSPS) is 15.9. The van der Waals surface area contributed by atoms with Crippen LogP contribution in [-0.4, -0.2) is 19.5 Å². The smallest absolute Gasteiger partial charge is 0.164 e. The predicted octanol–water partition coefficient (Wildman–Crippen LogP) is 10.5. The van der Waals surface area contributed by atoms with Crippen molar-refractivity contribution in [1.29, 1.82) is 0 Å². The molecule has 6 heteroatoms. The molecule has 0 bridgehead atoms. The van der Waals surface area contributed by atoms with Crippen molar-refractivity contribution in [2.24, 2.45) is 5.92 Å². The van der Waals surface area contributed by atoms with Gasteiger partial charge in [0.1, 0.15) is 16.8 Å². The minimum absolute atomic E-state index is 0.0413. The summed E-state index contributed by atoms with van der Waals surface area (Å²) in [6, 6.07) is 50.0. The molecule has 2 aliphatic carbocycles. The van der Waals surface area contributed by atoms with E-state index in [2.05, 4.69) is 102 Å². The van der Waals surface area contributed by atoms with Crippen LogP contribution in [0, 0.1) is 5.92 Å². The summed E-state index contributed by atoms with van der Waals surface area (Å²) < 4.78 is 15.7. The molecule has 0 saturated heterocycles. The topological polar surface area (TPSA) is 69.9 Å². The van der Waals surface area contributed by atoms with Crippen molar-refractivity contribution < 1.29 is 8.83 Å². The van der Waals surface area contributed by atoms with Crippen molar-refractivity contribution in [2.45, 2.75) is 5.92 Å². The van der Waals surface area contributed by atoms with Crippen LogP contribution in [0.4, 0.5) is 0 Å². The lowest BCUT2D eigenvalue weighted by atomic mass is 9.87. The first kappa shape index (κ1) is 30.2. The van der Waals surface area contributed by atoms with Crippen LogP contribution in [0.5, 0.6) is 0 Å². The number of nitrogens with zero attached hydrogens (tertiary/aromatic N) is 4. The van der Waals surface area contributed by atoms with Gasteiger partial charge in [-0.15, -0.1) is 0 Å². The highest BCUT2D eigenvalue weighted by atomic mass is 16.3. The SMILES string of the molecule is C1=CC(C2C=c3oc4c(-n5c6ccccc6c6ccccc65)cccc4c3=C2)c2c1oc1cccc(-c3nc(-c4ccccc4)nc(-c4ccccc4)n3)c21. The van der Waals surface area contributed by atoms with E-state index in [9.17, 15) is 0 Å². The molecule has 12 rings (SSSR count). The Morgan fingerprint density at radius 3 is 1.85 bits per heavy atom. The van der Waals surface area contributed by atoms with Gasteiger partial charge in [0.25, 0.3) is 0 Å². The van der Waals surface area contributed by atoms with Gasteiger partial charge in [0.2, 0.25) is 0 Å². The Hall–Kier alpha value is -7.31. The van der Waals surface area contributed by atoms with Crippen LogP contribution in [0.25, 0.3) is 102 Å².